The summed E-state index contributed by atoms with van der Waals surface area (Å²) in [5, 5.41) is 12.9. The third-order valence-corrected chi connectivity index (χ3v) is 6.16. The zero-order valence-corrected chi connectivity index (χ0v) is 19.9. The van der Waals surface area contributed by atoms with Gasteiger partial charge in [0.1, 0.15) is 23.6 Å². The smallest absolute Gasteiger partial charge is 0.338 e. The molecule has 4 rings (SSSR count). The number of hydrogen-bond donors (Lipinski definition) is 2. The summed E-state index contributed by atoms with van der Waals surface area (Å²) in [6.45, 7) is 2.69. The van der Waals surface area contributed by atoms with Crippen LogP contribution in [0, 0.1) is 12.7 Å². The van der Waals surface area contributed by atoms with E-state index in [1.807, 2.05) is 19.1 Å². The van der Waals surface area contributed by atoms with Crippen LogP contribution in [0.5, 0.6) is 0 Å². The van der Waals surface area contributed by atoms with Gasteiger partial charge in [0.25, 0.3) is 0 Å². The van der Waals surface area contributed by atoms with E-state index in [2.05, 4.69) is 10.3 Å². The van der Waals surface area contributed by atoms with Crippen LogP contribution in [-0.2, 0) is 19.1 Å². The number of nitrogens with zero attached hydrogens (tertiary/aromatic N) is 3. The Balaban J connectivity index is 1.85. The summed E-state index contributed by atoms with van der Waals surface area (Å²) >= 11 is 6.37. The van der Waals surface area contributed by atoms with E-state index >= 15 is 0 Å². The van der Waals surface area contributed by atoms with Gasteiger partial charge in [-0.25, -0.2) is 9.18 Å². The first-order valence-electron chi connectivity index (χ1n) is 10.9. The lowest BCUT2D eigenvalue weighted by Gasteiger charge is -2.35. The second-order valence-electron chi connectivity index (χ2n) is 8.17. The number of aliphatic carboxylic acids is 1. The highest BCUT2D eigenvalue weighted by atomic mass is 35.5. The number of morpholine rings is 1. The molecule has 2 aromatic rings. The number of aryl methyl sites for hydroxylation is 1. The largest absolute Gasteiger partial charge is 0.480 e. The predicted molar refractivity (Wildman–Crippen MR) is 126 cm³/mol. The Hall–Kier alpha value is -3.34. The molecule has 1 saturated heterocycles. The molecule has 1 aromatic heterocycles. The van der Waals surface area contributed by atoms with Crippen LogP contribution < -0.4 is 5.32 Å². The van der Waals surface area contributed by atoms with Crippen molar-refractivity contribution in [1.29, 1.82) is 0 Å². The zero-order chi connectivity index (χ0) is 25.1. The summed E-state index contributed by atoms with van der Waals surface area (Å²) in [4.78, 5) is 35.6. The summed E-state index contributed by atoms with van der Waals surface area (Å²) in [6, 6.07) is 5.68. The minimum absolute atomic E-state index is 0.0176. The number of benzene rings is 1. The number of methoxy groups -OCH3 is 1. The van der Waals surface area contributed by atoms with E-state index in [0.29, 0.717) is 35.9 Å². The lowest BCUT2D eigenvalue weighted by Crippen LogP contribution is -2.52. The van der Waals surface area contributed by atoms with Gasteiger partial charge in [-0.2, -0.15) is 0 Å². The molecule has 11 heteroatoms. The predicted octanol–water partition coefficient (Wildman–Crippen LogP) is 2.49. The first-order chi connectivity index (χ1) is 16.8. The lowest BCUT2D eigenvalue weighted by molar-refractivity contribution is -0.149. The van der Waals surface area contributed by atoms with Crippen molar-refractivity contribution >= 4 is 29.4 Å². The highest BCUT2D eigenvalue weighted by molar-refractivity contribution is 6.31. The highest BCUT2D eigenvalue weighted by Crippen LogP contribution is 2.36. The number of nitrogens with one attached hydrogen (secondary N) is 1. The van der Waals surface area contributed by atoms with Crippen LogP contribution in [0.15, 0.2) is 52.8 Å². The molecule has 0 amide bonds. The maximum Gasteiger partial charge on any atom is 0.338 e. The van der Waals surface area contributed by atoms with Gasteiger partial charge in [-0.1, -0.05) is 17.7 Å². The number of esters is 1. The third-order valence-electron chi connectivity index (χ3n) is 5.83. The number of carbonyl (C=O) groups is 2. The molecule has 9 nitrogen and oxygen atoms in total. The quantitative estimate of drug-likeness (QED) is 0.579. The van der Waals surface area contributed by atoms with Gasteiger partial charge in [-0.05, 0) is 36.8 Å². The van der Waals surface area contributed by atoms with E-state index < -0.39 is 29.8 Å². The molecule has 2 atom stereocenters. The van der Waals surface area contributed by atoms with Gasteiger partial charge in [0.15, 0.2) is 5.84 Å². The number of carboxylic acids is 1. The van der Waals surface area contributed by atoms with Crippen molar-refractivity contribution in [2.75, 3.05) is 33.4 Å². The van der Waals surface area contributed by atoms with Gasteiger partial charge in [0.05, 0.1) is 25.9 Å². The molecule has 184 valence electrons. The van der Waals surface area contributed by atoms with Crippen molar-refractivity contribution in [3.05, 3.63) is 75.5 Å². The summed E-state index contributed by atoms with van der Waals surface area (Å²) in [5.41, 5.74) is 2.40. The number of pyridine rings is 1. The lowest BCUT2D eigenvalue weighted by atomic mass is 9.94. The van der Waals surface area contributed by atoms with E-state index in [0.717, 1.165) is 11.6 Å². The van der Waals surface area contributed by atoms with Crippen molar-refractivity contribution < 1.29 is 28.6 Å². The minimum atomic E-state index is -1.03. The van der Waals surface area contributed by atoms with Crippen LogP contribution in [-0.4, -0.2) is 72.2 Å². The van der Waals surface area contributed by atoms with Crippen molar-refractivity contribution in [1.82, 2.24) is 15.2 Å². The SMILES string of the molecule is COC(=O)C1=C(CN2CCOC[C@H]2C(=O)O)NC(c2cc(C)ccn2)=N[C@H]1c1ccc(F)cc1Cl. The van der Waals surface area contributed by atoms with Crippen molar-refractivity contribution in [3.8, 4) is 0 Å². The number of hydrogen-bond acceptors (Lipinski definition) is 8. The summed E-state index contributed by atoms with van der Waals surface area (Å²) in [5.74, 6) is -1.87. The van der Waals surface area contributed by atoms with Crippen LogP contribution in [0.25, 0.3) is 0 Å². The number of aliphatic imine (C=N–C) groups is 1. The Bertz CT molecular complexity index is 1220. The van der Waals surface area contributed by atoms with Crippen LogP contribution in [0.1, 0.15) is 22.9 Å². The average Bonchev–Trinajstić information content (AvgIpc) is 2.83. The van der Waals surface area contributed by atoms with Crippen LogP contribution >= 0.6 is 11.6 Å². The number of aromatic nitrogens is 1. The number of amidine groups is 1. The van der Waals surface area contributed by atoms with Gasteiger partial charge >= 0.3 is 11.9 Å². The number of ether oxygens (including phenoxy) is 2. The van der Waals surface area contributed by atoms with Crippen LogP contribution in [0.3, 0.4) is 0 Å². The Labute approximate surface area is 206 Å². The summed E-state index contributed by atoms with van der Waals surface area (Å²) in [6.07, 6.45) is 1.64. The normalized spacial score (nSPS) is 20.7. The molecular weight excluding hydrogens is 479 g/mol. The van der Waals surface area contributed by atoms with Crippen molar-refractivity contribution in [2.45, 2.75) is 19.0 Å². The zero-order valence-electron chi connectivity index (χ0n) is 19.1. The molecule has 2 aliphatic heterocycles. The first-order valence-corrected chi connectivity index (χ1v) is 11.2. The minimum Gasteiger partial charge on any atom is -0.480 e. The van der Waals surface area contributed by atoms with E-state index in [4.69, 9.17) is 26.1 Å². The van der Waals surface area contributed by atoms with Gasteiger partial charge < -0.3 is 19.9 Å². The number of carboxylic acid groups (broad SMARTS) is 1. The molecule has 1 aromatic carbocycles. The Kier molecular flexibility index (Phi) is 7.44. The van der Waals surface area contributed by atoms with E-state index in [1.54, 1.807) is 11.1 Å². The Morgan fingerprint density at radius 3 is 2.83 bits per heavy atom. The molecule has 0 radical (unpaired) electrons. The fraction of sp³-hybridized carbons (Fsp3) is 0.333. The van der Waals surface area contributed by atoms with E-state index in [-0.39, 0.29) is 23.7 Å². The fourth-order valence-corrected chi connectivity index (χ4v) is 4.34. The van der Waals surface area contributed by atoms with Gasteiger partial charge in [0.2, 0.25) is 0 Å². The van der Waals surface area contributed by atoms with Gasteiger partial charge in [-0.3, -0.25) is 19.7 Å². The van der Waals surface area contributed by atoms with Crippen LogP contribution in [0.2, 0.25) is 5.02 Å². The Morgan fingerprint density at radius 1 is 1.34 bits per heavy atom. The van der Waals surface area contributed by atoms with Crippen LogP contribution in [0.4, 0.5) is 4.39 Å². The van der Waals surface area contributed by atoms with E-state index in [1.165, 1.54) is 19.2 Å². The second kappa shape index (κ2) is 10.5. The topological polar surface area (TPSA) is 113 Å². The maximum atomic E-state index is 13.8. The van der Waals surface area contributed by atoms with Gasteiger partial charge in [-0.15, -0.1) is 0 Å². The Morgan fingerprint density at radius 2 is 2.14 bits per heavy atom. The standard InChI is InChI=1S/C24H24ClFN4O5/c1-13-5-6-27-17(9-13)22-28-18(11-30-7-8-35-12-19(30)23(31)32)20(24(33)34-2)21(29-22)15-4-3-14(26)10-16(15)25/h3-6,9-10,19,21H,7-8,11-12H2,1-2H3,(H,28,29)(H,31,32)/t19-,21-/m0/s1. The third kappa shape index (κ3) is 5.34. The first kappa shape index (κ1) is 24.8. The molecule has 1 fully saturated rings. The number of rotatable bonds is 6. The highest BCUT2D eigenvalue weighted by Gasteiger charge is 2.36. The van der Waals surface area contributed by atoms with E-state index in [9.17, 15) is 19.1 Å². The molecule has 3 heterocycles. The number of carbonyl (C=O) groups excluding carboxylic acids is 1. The molecule has 0 unspecified atom stereocenters. The molecule has 2 N–H and O–H groups in total. The molecule has 2 aliphatic rings. The second-order valence-corrected chi connectivity index (χ2v) is 8.58. The van der Waals surface area contributed by atoms with Crippen molar-refractivity contribution in [2.24, 2.45) is 4.99 Å². The monoisotopic (exact) mass is 502 g/mol. The molecule has 0 saturated carbocycles. The summed E-state index contributed by atoms with van der Waals surface area (Å²) < 4.78 is 24.2. The molecule has 0 aliphatic carbocycles. The van der Waals surface area contributed by atoms with Crippen molar-refractivity contribution in [3.63, 3.8) is 0 Å². The molecule has 35 heavy (non-hydrogen) atoms. The maximum absolute atomic E-state index is 13.8. The van der Waals surface area contributed by atoms with Gasteiger partial charge in [0, 0.05) is 35.6 Å². The molecular formula is C24H24ClFN4O5. The fourth-order valence-electron chi connectivity index (χ4n) is 4.07. The number of halogens is 2. The molecule has 0 spiro atoms. The molecule has 0 bridgehead atoms. The summed E-state index contributed by atoms with van der Waals surface area (Å²) in [7, 11) is 1.24. The average molecular weight is 503 g/mol.